The van der Waals surface area contributed by atoms with Crippen LogP contribution in [0.2, 0.25) is 0 Å². The van der Waals surface area contributed by atoms with Gasteiger partial charge < -0.3 is 22.7 Å². The minimum Gasteiger partial charge on any atom is -3.00 e. The van der Waals surface area contributed by atoms with Gasteiger partial charge in [0.1, 0.15) is 0 Å². The van der Waals surface area contributed by atoms with E-state index >= 15 is 0 Å². The minimum atomic E-state index is 0. The molecule has 0 unspecified atom stereocenters. The van der Waals surface area contributed by atoms with E-state index < -0.39 is 0 Å². The molecule has 0 aliphatic rings. The van der Waals surface area contributed by atoms with E-state index in [4.69, 9.17) is 0 Å². The third-order valence-electron chi connectivity index (χ3n) is 0. The molecule has 0 atom stereocenters. The van der Waals surface area contributed by atoms with Gasteiger partial charge in [-0.1, -0.05) is 0 Å². The van der Waals surface area contributed by atoms with E-state index in [1.165, 1.54) is 0 Å². The van der Waals surface area contributed by atoms with Crippen LogP contribution in [0.4, 0.5) is 0 Å². The predicted molar refractivity (Wildman–Crippen MR) is 36.4 cm³/mol. The summed E-state index contributed by atoms with van der Waals surface area (Å²) in [6.07, 6.45) is 0. The summed E-state index contributed by atoms with van der Waals surface area (Å²) in [5, 5.41) is 0. The van der Waals surface area contributed by atoms with E-state index in [9.17, 15) is 0 Å². The number of nitrogens with zero attached hydrogens (tertiary/aromatic N) is 3. The molecule has 3 nitrogen and oxygen atoms in total. The van der Waals surface area contributed by atoms with Crippen LogP contribution in [-0.2, 0) is 0 Å². The minimum absolute atomic E-state index is 0. The first-order chi connectivity index (χ1) is 0. The summed E-state index contributed by atoms with van der Waals surface area (Å²) < 4.78 is 0. The summed E-state index contributed by atoms with van der Waals surface area (Å²) in [5.74, 6) is 0. The van der Waals surface area contributed by atoms with Crippen molar-refractivity contribution in [3.63, 3.8) is 0 Å². The molecule has 0 saturated heterocycles. The van der Waals surface area contributed by atoms with Crippen molar-refractivity contribution in [1.29, 1.82) is 0 Å². The summed E-state index contributed by atoms with van der Waals surface area (Å²) >= 11 is 0. The molecular weight excluding hydrogens is 501 g/mol. The van der Waals surface area contributed by atoms with Gasteiger partial charge in [-0.2, -0.15) is 0 Å². The molecule has 0 N–H and O–H groups in total. The second kappa shape index (κ2) is 57.9. The van der Waals surface area contributed by atoms with Gasteiger partial charge in [0.2, 0.25) is 0 Å². The van der Waals surface area contributed by atoms with Crippen LogP contribution in [0.15, 0.2) is 0 Å². The summed E-state index contributed by atoms with van der Waals surface area (Å²) in [6.45, 7) is 0. The second-order valence-corrected chi connectivity index (χ2v) is 0. The zero-order chi connectivity index (χ0) is 0. The van der Waals surface area contributed by atoms with Gasteiger partial charge in [0, 0.05) is 0 Å². The molecule has 30 valence electrons. The Morgan fingerprint density at radius 2 is 0.429 bits per heavy atom. The summed E-state index contributed by atoms with van der Waals surface area (Å²) in [5.41, 5.74) is 0. The fraction of sp³-hybridized carbons (Fsp3) is 0. The third kappa shape index (κ3) is 44.9. The zero-order valence-corrected chi connectivity index (χ0v) is 16.8. The molecule has 0 bridgehead atoms. The van der Waals surface area contributed by atoms with Crippen LogP contribution in [0, 0.1) is 0 Å². The van der Waals surface area contributed by atoms with Crippen LogP contribution >= 0.6 is 0 Å². The molecule has 0 aliphatic heterocycles. The second-order valence-electron chi connectivity index (χ2n) is 0. The molecule has 0 aromatic carbocycles. The summed E-state index contributed by atoms with van der Waals surface area (Å²) in [6, 6.07) is 0. The maximum Gasteiger partial charge on any atom is 3.00 e. The van der Waals surface area contributed by atoms with Crippen LogP contribution in [-0.4, -0.2) is 103 Å². The van der Waals surface area contributed by atoms with Crippen molar-refractivity contribution in [3.05, 3.63) is 18.5 Å². The molecule has 0 aliphatic carbocycles. The predicted octanol–water partition coefficient (Wildman–Crippen LogP) is -0.320. The first-order valence-corrected chi connectivity index (χ1v) is 0. The van der Waals surface area contributed by atoms with E-state index in [1.807, 2.05) is 0 Å². The van der Waals surface area contributed by atoms with Crippen molar-refractivity contribution in [1.82, 2.24) is 0 Å². The Hall–Kier alpha value is 3.36. The molecular formula is H3In4N3. The van der Waals surface area contributed by atoms with Gasteiger partial charge in [0.05, 0.1) is 0 Å². The standard InChI is InChI=1S/4In.3N.3H/q4*+3;3*-3;3*-1. The van der Waals surface area contributed by atoms with Crippen molar-refractivity contribution in [2.75, 3.05) is 0 Å². The molecule has 0 radical (unpaired) electrons. The van der Waals surface area contributed by atoms with E-state index in [1.54, 1.807) is 0 Å². The molecule has 0 saturated carbocycles. The molecule has 0 spiro atoms. The fourth-order valence-corrected chi connectivity index (χ4v) is 0. The quantitative estimate of drug-likeness (QED) is 0.433. The molecule has 7 heteroatoms. The van der Waals surface area contributed by atoms with Gasteiger partial charge in [0.15, 0.2) is 0 Å². The van der Waals surface area contributed by atoms with Crippen molar-refractivity contribution in [2.45, 2.75) is 0 Å². The van der Waals surface area contributed by atoms with Gasteiger partial charge in [-0.05, 0) is 0 Å². The topological polar surface area (TPSA) is 91.5 Å². The first kappa shape index (κ1) is 80.4. The van der Waals surface area contributed by atoms with Gasteiger partial charge in [-0.15, -0.1) is 0 Å². The average Bonchev–Trinajstić information content (AvgIpc) is 0. The number of rotatable bonds is 0. The Bertz CT molecular complexity index is 15.7. The normalized spacial score (nSPS) is 0. The Balaban J connectivity index is 0. The Labute approximate surface area is 124 Å². The zero-order valence-electron chi connectivity index (χ0n) is 6.65. The van der Waals surface area contributed by atoms with Crippen LogP contribution < -0.4 is 0 Å². The van der Waals surface area contributed by atoms with E-state index in [-0.39, 0.29) is 126 Å². The first-order valence-electron chi connectivity index (χ1n) is 0. The third-order valence-corrected chi connectivity index (χ3v) is 0. The summed E-state index contributed by atoms with van der Waals surface area (Å²) in [4.78, 5) is 0. The van der Waals surface area contributed by atoms with Crippen LogP contribution in [0.5, 0.6) is 0 Å². The van der Waals surface area contributed by atoms with Gasteiger partial charge in [-0.25, -0.2) is 0 Å². The molecule has 0 fully saturated rings. The summed E-state index contributed by atoms with van der Waals surface area (Å²) in [7, 11) is 0. The fourth-order valence-electron chi connectivity index (χ4n) is 0. The molecule has 0 aromatic heterocycles. The molecule has 0 aromatic rings. The monoisotopic (exact) mass is 505 g/mol. The maximum absolute atomic E-state index is 0. The maximum atomic E-state index is 0. The molecule has 0 rings (SSSR count). The van der Waals surface area contributed by atoms with E-state index in [0.717, 1.165) is 0 Å². The molecule has 0 heterocycles. The Kier molecular flexibility index (Phi) is 665. The van der Waals surface area contributed by atoms with Gasteiger partial charge in [0.25, 0.3) is 0 Å². The molecule has 7 heavy (non-hydrogen) atoms. The SMILES string of the molecule is [H-].[H-].[H-].[In+3].[In+3].[In+3].[In+3].[N-3].[N-3].[N-3]. The van der Waals surface area contributed by atoms with Crippen molar-refractivity contribution < 1.29 is 4.28 Å². The number of hydrogen-bond donors (Lipinski definition) is 0. The smallest absolute Gasteiger partial charge is 3.00 e. The average molecular weight is 504 g/mol. The largest absolute Gasteiger partial charge is 3.00 e. The Morgan fingerprint density at radius 3 is 0.429 bits per heavy atom. The van der Waals surface area contributed by atoms with Crippen LogP contribution in [0.1, 0.15) is 4.28 Å². The Morgan fingerprint density at radius 1 is 0.429 bits per heavy atom. The van der Waals surface area contributed by atoms with E-state index in [2.05, 4.69) is 0 Å². The van der Waals surface area contributed by atoms with Gasteiger partial charge >= 0.3 is 103 Å². The van der Waals surface area contributed by atoms with E-state index in [0.29, 0.717) is 0 Å². The molecule has 0 amide bonds. The van der Waals surface area contributed by atoms with Crippen LogP contribution in [0.3, 0.4) is 0 Å². The van der Waals surface area contributed by atoms with Crippen molar-refractivity contribution >= 4 is 103 Å². The van der Waals surface area contributed by atoms with Crippen molar-refractivity contribution in [3.8, 4) is 0 Å². The number of hydrogen-bond acceptors (Lipinski definition) is 0. The van der Waals surface area contributed by atoms with Gasteiger partial charge in [-0.3, -0.25) is 0 Å². The van der Waals surface area contributed by atoms with Crippen LogP contribution in [0.25, 0.3) is 18.5 Å². The van der Waals surface area contributed by atoms with Crippen molar-refractivity contribution in [2.24, 2.45) is 0 Å².